The van der Waals surface area contributed by atoms with Gasteiger partial charge in [0.2, 0.25) is 5.13 Å². The Kier molecular flexibility index (Phi) is 4.99. The Morgan fingerprint density at radius 2 is 1.96 bits per heavy atom. The van der Waals surface area contributed by atoms with Gasteiger partial charge in [-0.2, -0.15) is 0 Å². The first-order valence-electron chi connectivity index (χ1n) is 8.62. The van der Waals surface area contributed by atoms with E-state index in [4.69, 9.17) is 0 Å². The molecule has 0 aliphatic carbocycles. The Morgan fingerprint density at radius 1 is 1.21 bits per heavy atom. The molecule has 0 saturated carbocycles. The van der Waals surface area contributed by atoms with Crippen LogP contribution in [0.15, 0.2) is 12.4 Å². The number of rotatable bonds is 4. The van der Waals surface area contributed by atoms with E-state index in [0.29, 0.717) is 6.04 Å². The van der Waals surface area contributed by atoms with E-state index >= 15 is 0 Å². The second-order valence-electron chi connectivity index (χ2n) is 7.29. The Bertz CT molecular complexity index is 670. The molecule has 0 spiro atoms. The molecule has 2 aromatic rings. The van der Waals surface area contributed by atoms with Crippen LogP contribution < -0.4 is 10.2 Å². The van der Waals surface area contributed by atoms with E-state index in [-0.39, 0.29) is 5.41 Å². The molecule has 1 N–H and O–H groups in total. The number of piperidine rings is 1. The summed E-state index contributed by atoms with van der Waals surface area (Å²) in [5.74, 6) is 1.05. The fourth-order valence-corrected chi connectivity index (χ4v) is 3.64. The lowest BCUT2D eigenvalue weighted by Crippen LogP contribution is -2.39. The normalized spacial score (nSPS) is 16.4. The third-order valence-corrected chi connectivity index (χ3v) is 5.56. The molecule has 1 saturated heterocycles. The van der Waals surface area contributed by atoms with Crippen molar-refractivity contribution in [3.63, 3.8) is 0 Å². The number of nitrogens with zero attached hydrogens (tertiary/aromatic N) is 5. The minimum absolute atomic E-state index is 0.0605. The molecule has 6 nitrogen and oxygen atoms in total. The number of anilines is 2. The highest BCUT2D eigenvalue weighted by Gasteiger charge is 2.23. The molecule has 1 aliphatic heterocycles. The van der Waals surface area contributed by atoms with Crippen LogP contribution in [0.3, 0.4) is 0 Å². The molecule has 0 amide bonds. The van der Waals surface area contributed by atoms with Crippen molar-refractivity contribution in [2.24, 2.45) is 0 Å². The maximum atomic E-state index is 4.42. The Hall–Kier alpha value is -1.76. The lowest BCUT2D eigenvalue weighted by Gasteiger charge is -2.33. The first-order chi connectivity index (χ1) is 11.5. The van der Waals surface area contributed by atoms with Crippen LogP contribution in [0.4, 0.5) is 10.9 Å². The predicted octanol–water partition coefficient (Wildman–Crippen LogP) is 3.27. The van der Waals surface area contributed by atoms with Crippen molar-refractivity contribution < 1.29 is 0 Å². The molecule has 0 unspecified atom stereocenters. The Balaban J connectivity index is 1.56. The van der Waals surface area contributed by atoms with Crippen LogP contribution in [-0.2, 0) is 11.8 Å². The number of hydrogen-bond acceptors (Lipinski definition) is 7. The fourth-order valence-electron chi connectivity index (χ4n) is 2.76. The largest absolute Gasteiger partial charge is 0.357 e. The van der Waals surface area contributed by atoms with Gasteiger partial charge in [0.1, 0.15) is 17.2 Å². The highest BCUT2D eigenvalue weighted by Crippen LogP contribution is 2.29. The Labute approximate surface area is 147 Å². The summed E-state index contributed by atoms with van der Waals surface area (Å²) in [6, 6.07) is 2.56. The zero-order valence-corrected chi connectivity index (χ0v) is 15.7. The van der Waals surface area contributed by atoms with Gasteiger partial charge in [-0.15, -0.1) is 10.2 Å². The van der Waals surface area contributed by atoms with Crippen molar-refractivity contribution in [1.82, 2.24) is 20.2 Å². The summed E-state index contributed by atoms with van der Waals surface area (Å²) < 4.78 is 0. The summed E-state index contributed by atoms with van der Waals surface area (Å²) >= 11 is 1.67. The van der Waals surface area contributed by atoms with Crippen molar-refractivity contribution in [2.45, 2.75) is 58.4 Å². The van der Waals surface area contributed by atoms with Crippen LogP contribution in [0, 0.1) is 0 Å². The van der Waals surface area contributed by atoms with Gasteiger partial charge in [0.25, 0.3) is 0 Å². The van der Waals surface area contributed by atoms with E-state index in [0.717, 1.165) is 54.0 Å². The molecule has 0 bridgehead atoms. The van der Waals surface area contributed by atoms with Gasteiger partial charge in [-0.25, -0.2) is 9.97 Å². The summed E-state index contributed by atoms with van der Waals surface area (Å²) in [6.45, 7) is 10.6. The highest BCUT2D eigenvalue weighted by molar-refractivity contribution is 7.15. The summed E-state index contributed by atoms with van der Waals surface area (Å²) in [5, 5.41) is 14.2. The maximum Gasteiger partial charge on any atom is 0.205 e. The standard InChI is InChI=1S/C17H26N6S/c1-5-12-10-14(19-11-18-12)23-8-6-13(7-9-23)20-16-22-21-15(24-16)17(2,3)4/h10-11,13H,5-9H2,1-4H3,(H,20,22). The van der Waals surface area contributed by atoms with Gasteiger partial charge >= 0.3 is 0 Å². The summed E-state index contributed by atoms with van der Waals surface area (Å²) in [6.07, 6.45) is 4.78. The van der Waals surface area contributed by atoms with Gasteiger partial charge in [-0.05, 0) is 19.3 Å². The van der Waals surface area contributed by atoms with E-state index in [2.05, 4.69) is 64.1 Å². The van der Waals surface area contributed by atoms with Crippen LogP contribution >= 0.6 is 11.3 Å². The molecule has 3 heterocycles. The van der Waals surface area contributed by atoms with Gasteiger partial charge < -0.3 is 10.2 Å². The number of nitrogens with one attached hydrogen (secondary N) is 1. The number of aromatic nitrogens is 4. The predicted molar refractivity (Wildman–Crippen MR) is 98.9 cm³/mol. The van der Waals surface area contributed by atoms with E-state index in [1.165, 1.54) is 0 Å². The quantitative estimate of drug-likeness (QED) is 0.916. The molecule has 1 aliphatic rings. The third kappa shape index (κ3) is 4.01. The van der Waals surface area contributed by atoms with Gasteiger partial charge in [0.15, 0.2) is 0 Å². The van der Waals surface area contributed by atoms with Crippen molar-refractivity contribution in [3.05, 3.63) is 23.1 Å². The van der Waals surface area contributed by atoms with Gasteiger partial charge in [-0.3, -0.25) is 0 Å². The zero-order valence-electron chi connectivity index (χ0n) is 14.9. The topological polar surface area (TPSA) is 66.8 Å². The monoisotopic (exact) mass is 346 g/mol. The van der Waals surface area contributed by atoms with Crippen molar-refractivity contribution >= 4 is 22.3 Å². The summed E-state index contributed by atoms with van der Waals surface area (Å²) in [4.78, 5) is 11.1. The average molecular weight is 347 g/mol. The van der Waals surface area contributed by atoms with E-state index in [1.54, 1.807) is 17.7 Å². The van der Waals surface area contributed by atoms with Crippen LogP contribution in [0.5, 0.6) is 0 Å². The fraction of sp³-hybridized carbons (Fsp3) is 0.647. The molecule has 1 fully saturated rings. The van der Waals surface area contributed by atoms with Crippen molar-refractivity contribution in [2.75, 3.05) is 23.3 Å². The number of hydrogen-bond donors (Lipinski definition) is 1. The third-order valence-electron chi connectivity index (χ3n) is 4.28. The summed E-state index contributed by atoms with van der Waals surface area (Å²) in [7, 11) is 0. The number of aryl methyl sites for hydroxylation is 1. The maximum absolute atomic E-state index is 4.42. The molecule has 2 aromatic heterocycles. The molecular formula is C17H26N6S. The first kappa shape index (κ1) is 17.1. The molecule has 7 heteroatoms. The second kappa shape index (κ2) is 7.01. The molecule has 3 rings (SSSR count). The van der Waals surface area contributed by atoms with Gasteiger partial charge in [0, 0.05) is 36.3 Å². The second-order valence-corrected chi connectivity index (χ2v) is 8.27. The first-order valence-corrected chi connectivity index (χ1v) is 9.43. The lowest BCUT2D eigenvalue weighted by molar-refractivity contribution is 0.522. The van der Waals surface area contributed by atoms with E-state index in [9.17, 15) is 0 Å². The van der Waals surface area contributed by atoms with Crippen LogP contribution in [0.25, 0.3) is 0 Å². The Morgan fingerprint density at radius 3 is 2.58 bits per heavy atom. The zero-order chi connectivity index (χ0) is 17.2. The minimum Gasteiger partial charge on any atom is -0.357 e. The van der Waals surface area contributed by atoms with Crippen molar-refractivity contribution in [1.29, 1.82) is 0 Å². The summed E-state index contributed by atoms with van der Waals surface area (Å²) in [5.41, 5.74) is 1.16. The van der Waals surface area contributed by atoms with E-state index in [1.807, 2.05) is 0 Å². The lowest BCUT2D eigenvalue weighted by atomic mass is 9.98. The smallest absolute Gasteiger partial charge is 0.205 e. The van der Waals surface area contributed by atoms with Crippen LogP contribution in [0.1, 0.15) is 51.2 Å². The van der Waals surface area contributed by atoms with Gasteiger partial charge in [-0.1, -0.05) is 39.0 Å². The highest BCUT2D eigenvalue weighted by atomic mass is 32.1. The van der Waals surface area contributed by atoms with Crippen molar-refractivity contribution in [3.8, 4) is 0 Å². The SMILES string of the molecule is CCc1cc(N2CCC(Nc3nnc(C(C)(C)C)s3)CC2)ncn1. The molecular weight excluding hydrogens is 320 g/mol. The molecule has 130 valence electrons. The molecule has 0 radical (unpaired) electrons. The molecule has 0 aromatic carbocycles. The van der Waals surface area contributed by atoms with Crippen LogP contribution in [0.2, 0.25) is 0 Å². The minimum atomic E-state index is 0.0605. The van der Waals surface area contributed by atoms with E-state index < -0.39 is 0 Å². The van der Waals surface area contributed by atoms with Crippen LogP contribution in [-0.4, -0.2) is 39.3 Å². The molecule has 0 atom stereocenters. The molecule has 24 heavy (non-hydrogen) atoms. The average Bonchev–Trinajstić information content (AvgIpc) is 3.04. The van der Waals surface area contributed by atoms with Gasteiger partial charge in [0.05, 0.1) is 0 Å².